The van der Waals surface area contributed by atoms with Crippen LogP contribution in [0, 0.1) is 17.8 Å². The quantitative estimate of drug-likeness (QED) is 0.412. The van der Waals surface area contributed by atoms with Crippen LogP contribution in [-0.2, 0) is 9.53 Å². The van der Waals surface area contributed by atoms with Crippen molar-refractivity contribution in [2.24, 2.45) is 17.8 Å². The normalized spacial score (nSPS) is 38.5. The average Bonchev–Trinajstić information content (AvgIpc) is 1.99. The number of alkyl halides is 1. The van der Waals surface area contributed by atoms with Crippen LogP contribution < -0.4 is 0 Å². The van der Waals surface area contributed by atoms with Crippen LogP contribution in [-0.4, -0.2) is 17.0 Å². The predicted octanol–water partition coefficient (Wildman–Crippen LogP) is 1.87. The van der Waals surface area contributed by atoms with E-state index < -0.39 is 0 Å². The molecule has 1 aliphatic rings. The molecule has 0 aromatic rings. The molecule has 0 aromatic heterocycles. The molecule has 64 valence electrons. The molecule has 1 fully saturated rings. The van der Waals surface area contributed by atoms with E-state index in [-0.39, 0.29) is 11.9 Å². The van der Waals surface area contributed by atoms with Gasteiger partial charge in [-0.3, -0.25) is 4.79 Å². The number of hydrogen-bond donors (Lipinski definition) is 0. The summed E-state index contributed by atoms with van der Waals surface area (Å²) in [6.07, 6.45) is 0. The second-order valence-electron chi connectivity index (χ2n) is 3.21. The van der Waals surface area contributed by atoms with Crippen molar-refractivity contribution in [1.82, 2.24) is 0 Å². The molecule has 0 saturated carbocycles. The van der Waals surface area contributed by atoms with Gasteiger partial charge in [0.05, 0.1) is 12.5 Å². The fraction of sp³-hybridized carbons (Fsp3) is 0.875. The van der Waals surface area contributed by atoms with Crippen LogP contribution in [0.4, 0.5) is 0 Å². The molecule has 0 unspecified atom stereocenters. The number of halogens is 1. The summed E-state index contributed by atoms with van der Waals surface area (Å²) in [5, 5.41) is 0. The zero-order valence-electron chi connectivity index (χ0n) is 6.84. The van der Waals surface area contributed by atoms with Crippen LogP contribution in [0.1, 0.15) is 13.8 Å². The Bertz CT molecular complexity index is 158. The van der Waals surface area contributed by atoms with Crippen LogP contribution in [0.2, 0.25) is 0 Å². The first kappa shape index (κ1) is 9.29. The van der Waals surface area contributed by atoms with Gasteiger partial charge in [0.25, 0.3) is 0 Å². The zero-order chi connectivity index (χ0) is 8.43. The van der Waals surface area contributed by atoms with Gasteiger partial charge in [0, 0.05) is 4.43 Å². The second-order valence-corrected chi connectivity index (χ2v) is 4.09. The second kappa shape index (κ2) is 3.74. The number of ether oxygens (including phenoxy) is 1. The fourth-order valence-corrected chi connectivity index (χ4v) is 3.05. The minimum absolute atomic E-state index is 0.0234. The van der Waals surface area contributed by atoms with Crippen molar-refractivity contribution >= 4 is 28.6 Å². The summed E-state index contributed by atoms with van der Waals surface area (Å²) in [7, 11) is 0. The molecule has 3 heteroatoms. The Labute approximate surface area is 80.8 Å². The van der Waals surface area contributed by atoms with Crippen molar-refractivity contribution in [2.75, 3.05) is 11.0 Å². The zero-order valence-corrected chi connectivity index (χ0v) is 9.00. The standard InChI is InChI=1S/C8H13IO2/c1-5-4-11-8(10)6(2)7(5)3-9/h5-7H,3-4H2,1-2H3/t5-,6+,7-/m1/s1. The van der Waals surface area contributed by atoms with Gasteiger partial charge in [-0.05, 0) is 11.8 Å². The maximum absolute atomic E-state index is 11.1. The highest BCUT2D eigenvalue weighted by atomic mass is 127. The minimum Gasteiger partial charge on any atom is -0.465 e. The Morgan fingerprint density at radius 1 is 1.64 bits per heavy atom. The van der Waals surface area contributed by atoms with E-state index in [4.69, 9.17) is 4.74 Å². The van der Waals surface area contributed by atoms with Gasteiger partial charge < -0.3 is 4.74 Å². The van der Waals surface area contributed by atoms with E-state index in [0.29, 0.717) is 18.4 Å². The summed E-state index contributed by atoms with van der Waals surface area (Å²) in [5.74, 6) is 1.11. The minimum atomic E-state index is -0.0234. The van der Waals surface area contributed by atoms with Crippen molar-refractivity contribution < 1.29 is 9.53 Å². The van der Waals surface area contributed by atoms with E-state index in [1.807, 2.05) is 6.92 Å². The van der Waals surface area contributed by atoms with Gasteiger partial charge in [-0.2, -0.15) is 0 Å². The Morgan fingerprint density at radius 3 is 2.73 bits per heavy atom. The lowest BCUT2D eigenvalue weighted by atomic mass is 9.84. The molecule has 1 aliphatic heterocycles. The lowest BCUT2D eigenvalue weighted by Crippen LogP contribution is -2.37. The molecule has 3 atom stereocenters. The van der Waals surface area contributed by atoms with Gasteiger partial charge in [-0.25, -0.2) is 0 Å². The molecular formula is C8H13IO2. The molecule has 0 spiro atoms. The number of hydrogen-bond acceptors (Lipinski definition) is 2. The van der Waals surface area contributed by atoms with Gasteiger partial charge in [-0.15, -0.1) is 0 Å². The average molecular weight is 268 g/mol. The molecule has 0 amide bonds. The lowest BCUT2D eigenvalue weighted by molar-refractivity contribution is -0.158. The van der Waals surface area contributed by atoms with Crippen LogP contribution in [0.5, 0.6) is 0 Å². The Hall–Kier alpha value is 0.200. The number of cyclic esters (lactones) is 1. The number of esters is 1. The summed E-state index contributed by atoms with van der Waals surface area (Å²) in [4.78, 5) is 11.1. The molecule has 0 N–H and O–H groups in total. The van der Waals surface area contributed by atoms with Crippen molar-refractivity contribution in [3.8, 4) is 0 Å². The summed E-state index contributed by atoms with van der Waals surface area (Å²) >= 11 is 2.34. The van der Waals surface area contributed by atoms with Gasteiger partial charge >= 0.3 is 5.97 Å². The van der Waals surface area contributed by atoms with E-state index >= 15 is 0 Å². The Balaban J connectivity index is 2.63. The van der Waals surface area contributed by atoms with Crippen molar-refractivity contribution in [1.29, 1.82) is 0 Å². The molecule has 0 aliphatic carbocycles. The van der Waals surface area contributed by atoms with Crippen LogP contribution >= 0.6 is 22.6 Å². The number of rotatable bonds is 1. The lowest BCUT2D eigenvalue weighted by Gasteiger charge is -2.31. The van der Waals surface area contributed by atoms with Crippen LogP contribution in [0.25, 0.3) is 0 Å². The highest BCUT2D eigenvalue weighted by Crippen LogP contribution is 2.28. The van der Waals surface area contributed by atoms with Gasteiger partial charge in [0.1, 0.15) is 0 Å². The maximum Gasteiger partial charge on any atom is 0.308 e. The largest absolute Gasteiger partial charge is 0.465 e. The van der Waals surface area contributed by atoms with Crippen molar-refractivity contribution in [3.63, 3.8) is 0 Å². The molecule has 2 nitrogen and oxygen atoms in total. The summed E-state index contributed by atoms with van der Waals surface area (Å²) in [5.41, 5.74) is 0. The Morgan fingerprint density at radius 2 is 2.27 bits per heavy atom. The van der Waals surface area contributed by atoms with E-state index in [2.05, 4.69) is 29.5 Å². The maximum atomic E-state index is 11.1. The third-order valence-corrected chi connectivity index (χ3v) is 3.43. The first-order valence-electron chi connectivity index (χ1n) is 3.89. The summed E-state index contributed by atoms with van der Waals surface area (Å²) in [6.45, 7) is 4.71. The van der Waals surface area contributed by atoms with Gasteiger partial charge in [0.15, 0.2) is 0 Å². The van der Waals surface area contributed by atoms with Crippen LogP contribution in [0.3, 0.4) is 0 Å². The third kappa shape index (κ3) is 1.86. The van der Waals surface area contributed by atoms with E-state index in [1.54, 1.807) is 0 Å². The molecule has 0 radical (unpaired) electrons. The molecule has 0 aromatic carbocycles. The summed E-state index contributed by atoms with van der Waals surface area (Å²) < 4.78 is 6.04. The highest BCUT2D eigenvalue weighted by Gasteiger charge is 2.33. The van der Waals surface area contributed by atoms with Gasteiger partial charge in [-0.1, -0.05) is 36.4 Å². The molecule has 1 heterocycles. The predicted molar refractivity (Wildman–Crippen MR) is 51.7 cm³/mol. The first-order valence-corrected chi connectivity index (χ1v) is 5.42. The number of carbonyl (C=O) groups excluding carboxylic acids is 1. The van der Waals surface area contributed by atoms with Crippen LogP contribution in [0.15, 0.2) is 0 Å². The van der Waals surface area contributed by atoms with Crippen molar-refractivity contribution in [3.05, 3.63) is 0 Å². The van der Waals surface area contributed by atoms with E-state index in [9.17, 15) is 4.79 Å². The monoisotopic (exact) mass is 268 g/mol. The third-order valence-electron chi connectivity index (χ3n) is 2.41. The van der Waals surface area contributed by atoms with E-state index in [0.717, 1.165) is 4.43 Å². The molecule has 1 saturated heterocycles. The SMILES string of the molecule is C[C@@H]1COC(=O)[C@@H](C)[C@@H]1CI. The molecule has 0 bridgehead atoms. The number of carbonyl (C=O) groups is 1. The highest BCUT2D eigenvalue weighted by molar-refractivity contribution is 14.1. The van der Waals surface area contributed by atoms with E-state index in [1.165, 1.54) is 0 Å². The molecule has 11 heavy (non-hydrogen) atoms. The fourth-order valence-electron chi connectivity index (χ4n) is 1.42. The summed E-state index contributed by atoms with van der Waals surface area (Å²) in [6, 6.07) is 0. The molecular weight excluding hydrogens is 255 g/mol. The molecule has 1 rings (SSSR count). The van der Waals surface area contributed by atoms with Crippen molar-refractivity contribution in [2.45, 2.75) is 13.8 Å². The van der Waals surface area contributed by atoms with Gasteiger partial charge in [0.2, 0.25) is 0 Å². The topological polar surface area (TPSA) is 26.3 Å². The Kier molecular flexibility index (Phi) is 3.16. The first-order chi connectivity index (χ1) is 5.16. The smallest absolute Gasteiger partial charge is 0.308 e.